The normalized spacial score (nSPS) is 12.6. The van der Waals surface area contributed by atoms with Gasteiger partial charge in [0.05, 0.1) is 0 Å². The van der Waals surface area contributed by atoms with Gasteiger partial charge in [-0.1, -0.05) is 12.1 Å². The maximum atomic E-state index is 2.20. The van der Waals surface area contributed by atoms with Crippen molar-refractivity contribution in [2.24, 2.45) is 0 Å². The van der Waals surface area contributed by atoms with E-state index in [2.05, 4.69) is 37.2 Å². The second-order valence-corrected chi connectivity index (χ2v) is 2.99. The van der Waals surface area contributed by atoms with Crippen LogP contribution in [0.5, 0.6) is 0 Å². The molecular formula is C9H11N. The summed E-state index contributed by atoms with van der Waals surface area (Å²) in [6.45, 7) is 0. The van der Waals surface area contributed by atoms with Crippen molar-refractivity contribution in [2.45, 2.75) is 6.42 Å². The van der Waals surface area contributed by atoms with Gasteiger partial charge in [-0.2, -0.15) is 0 Å². The molecule has 0 amide bonds. The molecule has 0 saturated carbocycles. The van der Waals surface area contributed by atoms with E-state index in [9.17, 15) is 0 Å². The average molecular weight is 133 g/mol. The van der Waals surface area contributed by atoms with Crippen LogP contribution in [-0.4, -0.2) is 14.1 Å². The molecule has 0 aromatic heterocycles. The second-order valence-electron chi connectivity index (χ2n) is 2.99. The SMILES string of the molecule is CN(C)c1cccc2c1C2. The second kappa shape index (κ2) is 1.75. The zero-order valence-electron chi connectivity index (χ0n) is 6.39. The Morgan fingerprint density at radius 1 is 1.30 bits per heavy atom. The molecule has 1 aromatic carbocycles. The zero-order chi connectivity index (χ0) is 7.14. The molecule has 1 nitrogen and oxygen atoms in total. The van der Waals surface area contributed by atoms with E-state index in [4.69, 9.17) is 0 Å². The molecule has 0 aliphatic heterocycles. The Kier molecular flexibility index (Phi) is 1.01. The minimum Gasteiger partial charge on any atom is -0.377 e. The lowest BCUT2D eigenvalue weighted by Crippen LogP contribution is -2.08. The summed E-state index contributed by atoms with van der Waals surface area (Å²) >= 11 is 0. The fourth-order valence-electron chi connectivity index (χ4n) is 1.34. The molecule has 1 heteroatoms. The molecule has 0 atom stereocenters. The summed E-state index contributed by atoms with van der Waals surface area (Å²) in [5.74, 6) is 0. The molecule has 0 fully saturated rings. The molecule has 0 unspecified atom stereocenters. The topological polar surface area (TPSA) is 3.24 Å². The predicted octanol–water partition coefficient (Wildman–Crippen LogP) is 1.66. The van der Waals surface area contributed by atoms with Gasteiger partial charge in [0.1, 0.15) is 0 Å². The first-order chi connectivity index (χ1) is 4.79. The maximum absolute atomic E-state index is 2.20. The smallest absolute Gasteiger partial charge is 0.0399 e. The van der Waals surface area contributed by atoms with Crippen molar-refractivity contribution in [1.29, 1.82) is 0 Å². The quantitative estimate of drug-likeness (QED) is 0.571. The number of nitrogens with zero attached hydrogens (tertiary/aromatic N) is 1. The zero-order valence-corrected chi connectivity index (χ0v) is 6.39. The van der Waals surface area contributed by atoms with E-state index >= 15 is 0 Å². The fraction of sp³-hybridized carbons (Fsp3) is 0.333. The first-order valence-electron chi connectivity index (χ1n) is 3.57. The lowest BCUT2D eigenvalue weighted by molar-refractivity contribution is 1.13. The van der Waals surface area contributed by atoms with Crippen molar-refractivity contribution >= 4 is 5.69 Å². The van der Waals surface area contributed by atoms with Crippen LogP contribution < -0.4 is 4.90 Å². The first kappa shape index (κ1) is 5.78. The third-order valence-electron chi connectivity index (χ3n) is 1.97. The highest BCUT2D eigenvalue weighted by Gasteiger charge is 2.20. The van der Waals surface area contributed by atoms with E-state index < -0.39 is 0 Å². The number of anilines is 1. The van der Waals surface area contributed by atoms with E-state index in [1.54, 1.807) is 0 Å². The first-order valence-corrected chi connectivity index (χ1v) is 3.57. The predicted molar refractivity (Wildman–Crippen MR) is 43.6 cm³/mol. The highest BCUT2D eigenvalue weighted by Crippen LogP contribution is 2.35. The van der Waals surface area contributed by atoms with E-state index in [1.165, 1.54) is 23.2 Å². The van der Waals surface area contributed by atoms with Gasteiger partial charge in [0.25, 0.3) is 0 Å². The molecule has 0 spiro atoms. The Balaban J connectivity index is 2.46. The highest BCUT2D eigenvalue weighted by molar-refractivity contribution is 5.65. The third kappa shape index (κ3) is 0.703. The van der Waals surface area contributed by atoms with Crippen molar-refractivity contribution in [1.82, 2.24) is 0 Å². The lowest BCUT2D eigenvalue weighted by Gasteiger charge is -2.10. The van der Waals surface area contributed by atoms with Crippen LogP contribution in [0.25, 0.3) is 0 Å². The van der Waals surface area contributed by atoms with E-state index in [0.29, 0.717) is 0 Å². The van der Waals surface area contributed by atoms with Gasteiger partial charge in [-0.3, -0.25) is 0 Å². The van der Waals surface area contributed by atoms with Crippen LogP contribution in [-0.2, 0) is 6.42 Å². The minimum absolute atomic E-state index is 1.21. The number of benzene rings is 1. The van der Waals surface area contributed by atoms with Crippen molar-refractivity contribution in [2.75, 3.05) is 19.0 Å². The summed E-state index contributed by atoms with van der Waals surface area (Å²) < 4.78 is 0. The Bertz CT molecular complexity index is 263. The average Bonchev–Trinajstić information content (AvgIpc) is 2.63. The summed E-state index contributed by atoms with van der Waals surface area (Å²) in [5.41, 5.74) is 4.44. The highest BCUT2D eigenvalue weighted by atomic mass is 15.1. The molecule has 0 radical (unpaired) electrons. The Morgan fingerprint density at radius 2 is 2.10 bits per heavy atom. The Labute approximate surface area is 61.3 Å². The molecule has 10 heavy (non-hydrogen) atoms. The largest absolute Gasteiger partial charge is 0.377 e. The van der Waals surface area contributed by atoms with Crippen LogP contribution in [0.3, 0.4) is 0 Å². The number of rotatable bonds is 1. The molecule has 2 rings (SSSR count). The van der Waals surface area contributed by atoms with E-state index in [0.717, 1.165) is 0 Å². The summed E-state index contributed by atoms with van der Waals surface area (Å²) in [7, 11) is 4.18. The van der Waals surface area contributed by atoms with E-state index in [-0.39, 0.29) is 0 Å². The van der Waals surface area contributed by atoms with Crippen LogP contribution in [0.2, 0.25) is 0 Å². The van der Waals surface area contributed by atoms with Gasteiger partial charge in [0, 0.05) is 26.2 Å². The number of fused-ring (bicyclic) bond motifs is 1. The van der Waals surface area contributed by atoms with Crippen LogP contribution in [0.15, 0.2) is 18.2 Å². The van der Waals surface area contributed by atoms with E-state index in [1.807, 2.05) is 0 Å². The summed E-state index contributed by atoms with van der Waals surface area (Å²) in [4.78, 5) is 2.17. The molecule has 1 aromatic rings. The fourth-order valence-corrected chi connectivity index (χ4v) is 1.34. The number of hydrogen-bond acceptors (Lipinski definition) is 1. The third-order valence-corrected chi connectivity index (χ3v) is 1.97. The molecule has 1 aliphatic rings. The standard InChI is InChI=1S/C9H11N/c1-10(2)9-5-3-4-7-6-8(7)9/h3-5H,6H2,1-2H3. The van der Waals surface area contributed by atoms with Gasteiger partial charge in [-0.25, -0.2) is 0 Å². The minimum atomic E-state index is 1.21. The number of hydrogen-bond donors (Lipinski definition) is 0. The maximum Gasteiger partial charge on any atom is 0.0399 e. The van der Waals surface area contributed by atoms with Crippen molar-refractivity contribution in [3.8, 4) is 0 Å². The Hall–Kier alpha value is -0.980. The van der Waals surface area contributed by atoms with Crippen LogP contribution in [0.1, 0.15) is 11.1 Å². The Morgan fingerprint density at radius 3 is 2.70 bits per heavy atom. The molecule has 0 bridgehead atoms. The molecule has 1 aliphatic carbocycles. The monoisotopic (exact) mass is 133 g/mol. The lowest BCUT2D eigenvalue weighted by atomic mass is 10.3. The van der Waals surface area contributed by atoms with Crippen LogP contribution >= 0.6 is 0 Å². The van der Waals surface area contributed by atoms with Crippen LogP contribution in [0, 0.1) is 0 Å². The van der Waals surface area contributed by atoms with Gasteiger partial charge in [0.2, 0.25) is 0 Å². The van der Waals surface area contributed by atoms with Gasteiger partial charge >= 0.3 is 0 Å². The van der Waals surface area contributed by atoms with Gasteiger partial charge in [-0.15, -0.1) is 0 Å². The molecule has 52 valence electrons. The molecule has 0 heterocycles. The van der Waals surface area contributed by atoms with Crippen molar-refractivity contribution in [3.63, 3.8) is 0 Å². The molecule has 0 N–H and O–H groups in total. The van der Waals surface area contributed by atoms with Crippen molar-refractivity contribution < 1.29 is 0 Å². The van der Waals surface area contributed by atoms with Crippen molar-refractivity contribution in [3.05, 3.63) is 29.3 Å². The van der Waals surface area contributed by atoms with Crippen LogP contribution in [0.4, 0.5) is 5.69 Å². The van der Waals surface area contributed by atoms with Gasteiger partial charge in [-0.05, 0) is 17.2 Å². The summed E-state index contributed by atoms with van der Waals surface area (Å²) in [6, 6.07) is 6.50. The van der Waals surface area contributed by atoms with Gasteiger partial charge in [0.15, 0.2) is 0 Å². The molecular weight excluding hydrogens is 122 g/mol. The summed E-state index contributed by atoms with van der Waals surface area (Å²) in [6.07, 6.45) is 1.21. The van der Waals surface area contributed by atoms with Gasteiger partial charge < -0.3 is 4.90 Å². The summed E-state index contributed by atoms with van der Waals surface area (Å²) in [5, 5.41) is 0. The molecule has 0 saturated heterocycles.